The van der Waals surface area contributed by atoms with E-state index in [0.717, 1.165) is 11.3 Å². The first-order valence-electron chi connectivity index (χ1n) is 3.76. The molecule has 1 aliphatic heterocycles. The zero-order chi connectivity index (χ0) is 9.26. The normalized spacial score (nSPS) is 14.0. The highest BCUT2D eigenvalue weighted by molar-refractivity contribution is 5.95. The summed E-state index contributed by atoms with van der Waals surface area (Å²) in [4.78, 5) is 10.6. The van der Waals surface area contributed by atoms with Crippen molar-refractivity contribution >= 4 is 17.7 Å². The number of rotatable bonds is 1. The van der Waals surface area contributed by atoms with Gasteiger partial charge in [-0.15, -0.1) is 0 Å². The van der Waals surface area contributed by atoms with Crippen molar-refractivity contribution in [3.05, 3.63) is 23.5 Å². The van der Waals surface area contributed by atoms with E-state index in [1.807, 2.05) is 0 Å². The van der Waals surface area contributed by atoms with Crippen LogP contribution < -0.4 is 5.32 Å². The highest BCUT2D eigenvalue weighted by atomic mass is 16.4. The van der Waals surface area contributed by atoms with Crippen molar-refractivity contribution in [1.29, 1.82) is 0 Å². The van der Waals surface area contributed by atoms with Gasteiger partial charge in [-0.05, 0) is 6.08 Å². The van der Waals surface area contributed by atoms with E-state index in [9.17, 15) is 4.79 Å². The number of aromatic nitrogens is 2. The number of anilines is 1. The van der Waals surface area contributed by atoms with Crippen LogP contribution in [-0.2, 0) is 4.79 Å². The summed E-state index contributed by atoms with van der Waals surface area (Å²) >= 11 is 0. The third-order valence-corrected chi connectivity index (χ3v) is 1.84. The van der Waals surface area contributed by atoms with E-state index in [-0.39, 0.29) is 0 Å². The lowest BCUT2D eigenvalue weighted by Gasteiger charge is -2.14. The van der Waals surface area contributed by atoms with Gasteiger partial charge in [0.05, 0.1) is 23.7 Å². The summed E-state index contributed by atoms with van der Waals surface area (Å²) in [5.41, 5.74) is 1.92. The van der Waals surface area contributed by atoms with Gasteiger partial charge < -0.3 is 10.4 Å². The highest BCUT2D eigenvalue weighted by Gasteiger charge is 2.14. The van der Waals surface area contributed by atoms with Crippen molar-refractivity contribution in [1.82, 2.24) is 10.2 Å². The molecule has 0 amide bonds. The Bertz CT molecular complexity index is 387. The summed E-state index contributed by atoms with van der Waals surface area (Å²) < 4.78 is 0. The minimum Gasteiger partial charge on any atom is -0.478 e. The van der Waals surface area contributed by atoms with Crippen molar-refractivity contribution in [2.24, 2.45) is 0 Å². The molecule has 1 aliphatic rings. The molecular weight excluding hydrogens is 170 g/mol. The Kier molecular flexibility index (Phi) is 1.70. The average Bonchev–Trinajstić information content (AvgIpc) is 2.17. The summed E-state index contributed by atoms with van der Waals surface area (Å²) in [7, 11) is 0. The van der Waals surface area contributed by atoms with Crippen molar-refractivity contribution in [2.75, 3.05) is 11.9 Å². The Morgan fingerprint density at radius 3 is 3.00 bits per heavy atom. The Morgan fingerprint density at radius 1 is 1.46 bits per heavy atom. The second kappa shape index (κ2) is 2.85. The van der Waals surface area contributed by atoms with Crippen LogP contribution >= 0.6 is 0 Å². The number of nitrogens with one attached hydrogen (secondary N) is 1. The summed E-state index contributed by atoms with van der Waals surface area (Å²) in [6.07, 6.45) is 4.71. The van der Waals surface area contributed by atoms with Gasteiger partial charge in [-0.1, -0.05) is 0 Å². The molecule has 2 N–H and O–H groups in total. The van der Waals surface area contributed by atoms with Crippen molar-refractivity contribution in [2.45, 2.75) is 0 Å². The van der Waals surface area contributed by atoms with E-state index in [2.05, 4.69) is 15.5 Å². The van der Waals surface area contributed by atoms with Crippen LogP contribution in [0.2, 0.25) is 0 Å². The maximum atomic E-state index is 10.6. The molecule has 0 aromatic carbocycles. The van der Waals surface area contributed by atoms with E-state index in [4.69, 9.17) is 5.11 Å². The summed E-state index contributed by atoms with van der Waals surface area (Å²) in [6.45, 7) is 0.327. The number of aliphatic carboxylic acids is 1. The Morgan fingerprint density at radius 2 is 2.23 bits per heavy atom. The Balaban J connectivity index is 2.44. The van der Waals surface area contributed by atoms with Crippen LogP contribution in [0, 0.1) is 0 Å². The van der Waals surface area contributed by atoms with E-state index < -0.39 is 5.97 Å². The van der Waals surface area contributed by atoms with Gasteiger partial charge in [-0.3, -0.25) is 0 Å². The van der Waals surface area contributed by atoms with Crippen molar-refractivity contribution < 1.29 is 9.90 Å². The van der Waals surface area contributed by atoms with Crippen LogP contribution in [0.25, 0.3) is 6.08 Å². The molecule has 2 heterocycles. The van der Waals surface area contributed by atoms with Crippen LogP contribution in [0.5, 0.6) is 0 Å². The zero-order valence-electron chi connectivity index (χ0n) is 6.69. The average molecular weight is 177 g/mol. The van der Waals surface area contributed by atoms with E-state index in [0.29, 0.717) is 12.1 Å². The monoisotopic (exact) mass is 177 g/mol. The van der Waals surface area contributed by atoms with Gasteiger partial charge in [0.15, 0.2) is 0 Å². The summed E-state index contributed by atoms with van der Waals surface area (Å²) in [6, 6.07) is 0. The predicted octanol–water partition coefficient (Wildman–Crippen LogP) is 0.370. The molecular formula is C8H7N3O2. The molecule has 0 aliphatic carbocycles. The summed E-state index contributed by atoms with van der Waals surface area (Å²) in [5, 5.41) is 19.0. The fourth-order valence-electron chi connectivity index (χ4n) is 1.16. The number of carboxylic acid groups (broad SMARTS) is 1. The third-order valence-electron chi connectivity index (χ3n) is 1.84. The number of hydrogen-bond donors (Lipinski definition) is 2. The molecule has 66 valence electrons. The SMILES string of the molecule is O=C(O)C1=Cc2cnncc2NC1. The quantitative estimate of drug-likeness (QED) is 0.648. The zero-order valence-corrected chi connectivity index (χ0v) is 6.69. The third kappa shape index (κ3) is 1.35. The molecule has 0 spiro atoms. The molecule has 0 radical (unpaired) electrons. The Hall–Kier alpha value is -1.91. The van der Waals surface area contributed by atoms with Gasteiger partial charge >= 0.3 is 5.97 Å². The lowest BCUT2D eigenvalue weighted by atomic mass is 10.1. The van der Waals surface area contributed by atoms with Crippen LogP contribution in [0.3, 0.4) is 0 Å². The van der Waals surface area contributed by atoms with Gasteiger partial charge in [0.2, 0.25) is 0 Å². The number of carbonyl (C=O) groups is 1. The fraction of sp³-hybridized carbons (Fsp3) is 0.125. The lowest BCUT2D eigenvalue weighted by Crippen LogP contribution is -2.16. The van der Waals surface area contributed by atoms with Crippen LogP contribution in [0.1, 0.15) is 5.56 Å². The predicted molar refractivity (Wildman–Crippen MR) is 46.1 cm³/mol. The van der Waals surface area contributed by atoms with Gasteiger partial charge in [0.25, 0.3) is 0 Å². The minimum atomic E-state index is -0.907. The number of carboxylic acids is 1. The van der Waals surface area contributed by atoms with Crippen molar-refractivity contribution in [3.8, 4) is 0 Å². The largest absolute Gasteiger partial charge is 0.478 e. The van der Waals surface area contributed by atoms with Gasteiger partial charge in [-0.2, -0.15) is 10.2 Å². The first-order valence-corrected chi connectivity index (χ1v) is 3.76. The second-order valence-electron chi connectivity index (χ2n) is 2.69. The molecule has 1 aromatic heterocycles. The van der Waals surface area contributed by atoms with E-state index >= 15 is 0 Å². The molecule has 0 saturated carbocycles. The molecule has 1 aromatic rings. The van der Waals surface area contributed by atoms with E-state index in [1.54, 1.807) is 12.3 Å². The topological polar surface area (TPSA) is 75.1 Å². The smallest absolute Gasteiger partial charge is 0.333 e. The molecule has 13 heavy (non-hydrogen) atoms. The van der Waals surface area contributed by atoms with Gasteiger partial charge in [0, 0.05) is 12.1 Å². The second-order valence-corrected chi connectivity index (χ2v) is 2.69. The first-order chi connectivity index (χ1) is 6.27. The molecule has 5 heteroatoms. The van der Waals surface area contributed by atoms with Gasteiger partial charge in [0.1, 0.15) is 0 Å². The van der Waals surface area contributed by atoms with E-state index in [1.165, 1.54) is 6.20 Å². The maximum absolute atomic E-state index is 10.6. The molecule has 5 nitrogen and oxygen atoms in total. The highest BCUT2D eigenvalue weighted by Crippen LogP contribution is 2.20. The number of fused-ring (bicyclic) bond motifs is 1. The Labute approximate surface area is 74.1 Å². The molecule has 2 rings (SSSR count). The summed E-state index contributed by atoms with van der Waals surface area (Å²) in [5.74, 6) is -0.907. The van der Waals surface area contributed by atoms with Crippen molar-refractivity contribution in [3.63, 3.8) is 0 Å². The molecule has 0 fully saturated rings. The number of nitrogens with zero attached hydrogens (tertiary/aromatic N) is 2. The van der Waals surface area contributed by atoms with Gasteiger partial charge in [-0.25, -0.2) is 4.79 Å². The maximum Gasteiger partial charge on any atom is 0.333 e. The molecule has 0 unspecified atom stereocenters. The van der Waals surface area contributed by atoms with Crippen LogP contribution in [0.4, 0.5) is 5.69 Å². The standard InChI is InChI=1S/C8H7N3O2/c12-8(13)6-1-5-3-10-11-4-7(5)9-2-6/h1,3-4,9H,2H2,(H,12,13). The number of hydrogen-bond acceptors (Lipinski definition) is 4. The fourth-order valence-corrected chi connectivity index (χ4v) is 1.16. The first kappa shape index (κ1) is 7.72. The lowest BCUT2D eigenvalue weighted by molar-refractivity contribution is -0.132. The molecule has 0 atom stereocenters. The van der Waals surface area contributed by atoms with Crippen LogP contribution in [0.15, 0.2) is 18.0 Å². The van der Waals surface area contributed by atoms with Crippen LogP contribution in [-0.4, -0.2) is 27.8 Å². The minimum absolute atomic E-state index is 0.327. The molecule has 0 bridgehead atoms. The molecule has 0 saturated heterocycles.